The lowest BCUT2D eigenvalue weighted by atomic mass is 10.1. The highest BCUT2D eigenvalue weighted by molar-refractivity contribution is 7.98. The number of carbonyl (C=O) groups is 3. The van der Waals surface area contributed by atoms with Crippen molar-refractivity contribution in [2.24, 2.45) is 38.7 Å². The van der Waals surface area contributed by atoms with E-state index < -0.39 is 35.9 Å². The van der Waals surface area contributed by atoms with Crippen molar-refractivity contribution < 1.29 is 19.5 Å². The van der Waals surface area contributed by atoms with Crippen molar-refractivity contribution in [3.8, 4) is 0 Å². The van der Waals surface area contributed by atoms with Crippen LogP contribution in [0.1, 0.15) is 32.1 Å². The highest BCUT2D eigenvalue weighted by Crippen LogP contribution is 2.05. The van der Waals surface area contributed by atoms with E-state index in [9.17, 15) is 19.5 Å². The summed E-state index contributed by atoms with van der Waals surface area (Å²) in [6, 6.07) is -2.93. The number of carboxylic acid groups (broad SMARTS) is 1. The van der Waals surface area contributed by atoms with Gasteiger partial charge in [-0.1, -0.05) is 0 Å². The Labute approximate surface area is 186 Å². The molecular formula is C17H35N9O4S. The standard InChI is InChI=1S/C17H35N9O4S/c1-31-9-6-10(18)13(27)25-11(4-2-7-23-16(19)20)14(28)26-12(15(29)30)5-3-8-24-17(21)22/h10-12H,2-9,18H2,1H3,(H,25,27)(H,26,28)(H,29,30)(H4,19,20,23)(H4,21,22,24). The van der Waals surface area contributed by atoms with Crippen LogP contribution >= 0.6 is 11.8 Å². The van der Waals surface area contributed by atoms with Gasteiger partial charge in [-0.25, -0.2) is 4.79 Å². The second kappa shape index (κ2) is 16.0. The number of hydrogen-bond donors (Lipinski definition) is 8. The molecule has 0 bridgehead atoms. The van der Waals surface area contributed by atoms with E-state index in [4.69, 9.17) is 28.7 Å². The van der Waals surface area contributed by atoms with Gasteiger partial charge in [-0.2, -0.15) is 11.8 Å². The summed E-state index contributed by atoms with van der Waals surface area (Å²) >= 11 is 1.55. The number of nitrogens with zero attached hydrogens (tertiary/aromatic N) is 2. The molecule has 2 amide bonds. The fourth-order valence-electron chi connectivity index (χ4n) is 2.46. The molecule has 3 atom stereocenters. The first-order valence-electron chi connectivity index (χ1n) is 9.77. The van der Waals surface area contributed by atoms with E-state index in [1.807, 2.05) is 6.26 Å². The average Bonchev–Trinajstić information content (AvgIpc) is 2.69. The summed E-state index contributed by atoms with van der Waals surface area (Å²) in [5.74, 6) is -1.83. The Balaban J connectivity index is 5.07. The van der Waals surface area contributed by atoms with Crippen molar-refractivity contribution in [2.75, 3.05) is 25.1 Å². The maximum atomic E-state index is 12.7. The number of rotatable bonds is 16. The summed E-state index contributed by atoms with van der Waals surface area (Å²) < 4.78 is 0. The molecule has 0 aromatic rings. The number of thioether (sulfide) groups is 1. The topological polar surface area (TPSA) is 250 Å². The number of nitrogens with one attached hydrogen (secondary N) is 2. The Morgan fingerprint density at radius 1 is 0.871 bits per heavy atom. The Bertz CT molecular complexity index is 637. The van der Waals surface area contributed by atoms with Gasteiger partial charge in [-0.05, 0) is 44.1 Å². The SMILES string of the molecule is CSCCC(N)C(=O)NC(CCCN=C(N)N)C(=O)NC(CCCN=C(N)N)C(=O)O. The minimum atomic E-state index is -1.21. The van der Waals surface area contributed by atoms with Gasteiger partial charge in [0.2, 0.25) is 11.8 Å². The Morgan fingerprint density at radius 2 is 1.35 bits per heavy atom. The number of nitrogens with two attached hydrogens (primary N) is 5. The van der Waals surface area contributed by atoms with Gasteiger partial charge < -0.3 is 44.4 Å². The molecule has 3 unspecified atom stereocenters. The second-order valence-corrected chi connectivity index (χ2v) is 7.73. The number of hydrogen-bond acceptors (Lipinski definition) is 7. The fraction of sp³-hybridized carbons (Fsp3) is 0.706. The van der Waals surface area contributed by atoms with Gasteiger partial charge in [-0.15, -0.1) is 0 Å². The molecule has 0 aromatic heterocycles. The molecule has 0 fully saturated rings. The molecule has 31 heavy (non-hydrogen) atoms. The van der Waals surface area contributed by atoms with Crippen molar-refractivity contribution in [1.29, 1.82) is 0 Å². The highest BCUT2D eigenvalue weighted by Gasteiger charge is 2.27. The lowest BCUT2D eigenvalue weighted by molar-refractivity contribution is -0.142. The van der Waals surface area contributed by atoms with E-state index in [0.717, 1.165) is 0 Å². The van der Waals surface area contributed by atoms with Crippen LogP contribution in [0.2, 0.25) is 0 Å². The van der Waals surface area contributed by atoms with Crippen LogP contribution in [0.5, 0.6) is 0 Å². The van der Waals surface area contributed by atoms with Crippen LogP contribution in [0.25, 0.3) is 0 Å². The average molecular weight is 462 g/mol. The van der Waals surface area contributed by atoms with E-state index in [1.165, 1.54) is 0 Å². The van der Waals surface area contributed by atoms with Gasteiger partial charge in [0, 0.05) is 13.1 Å². The first kappa shape index (κ1) is 28.3. The first-order valence-corrected chi connectivity index (χ1v) is 11.2. The van der Waals surface area contributed by atoms with E-state index in [-0.39, 0.29) is 37.9 Å². The van der Waals surface area contributed by atoms with Gasteiger partial charge in [0.05, 0.1) is 6.04 Å². The summed E-state index contributed by atoms with van der Waals surface area (Å²) in [6.07, 6.45) is 3.38. The first-order chi connectivity index (χ1) is 14.6. The van der Waals surface area contributed by atoms with Gasteiger partial charge in [0.25, 0.3) is 0 Å². The fourth-order valence-corrected chi connectivity index (χ4v) is 2.95. The quantitative estimate of drug-likeness (QED) is 0.0666. The molecule has 14 heteroatoms. The van der Waals surface area contributed by atoms with Crippen LogP contribution in [-0.4, -0.2) is 78.0 Å². The number of aliphatic carboxylic acids is 1. The zero-order valence-electron chi connectivity index (χ0n) is 17.8. The number of carboxylic acids is 1. The third-order valence-corrected chi connectivity index (χ3v) is 4.75. The monoisotopic (exact) mass is 461 g/mol. The number of amides is 2. The van der Waals surface area contributed by atoms with E-state index in [0.29, 0.717) is 25.0 Å². The normalized spacial score (nSPS) is 13.4. The predicted octanol–water partition coefficient (Wildman–Crippen LogP) is -2.77. The Morgan fingerprint density at radius 3 is 1.81 bits per heavy atom. The van der Waals surface area contributed by atoms with E-state index in [2.05, 4.69) is 20.6 Å². The van der Waals surface area contributed by atoms with Crippen LogP contribution in [0.15, 0.2) is 9.98 Å². The molecule has 178 valence electrons. The summed E-state index contributed by atoms with van der Waals surface area (Å²) in [7, 11) is 0. The van der Waals surface area contributed by atoms with Crippen molar-refractivity contribution in [2.45, 2.75) is 50.2 Å². The van der Waals surface area contributed by atoms with Gasteiger partial charge >= 0.3 is 5.97 Å². The minimum absolute atomic E-state index is 0.0872. The lowest BCUT2D eigenvalue weighted by Gasteiger charge is -2.22. The van der Waals surface area contributed by atoms with Crippen LogP contribution in [0, 0.1) is 0 Å². The summed E-state index contributed by atoms with van der Waals surface area (Å²) in [5, 5.41) is 14.4. The molecular weight excluding hydrogens is 426 g/mol. The van der Waals surface area contributed by atoms with Crippen molar-refractivity contribution in [3.63, 3.8) is 0 Å². The maximum Gasteiger partial charge on any atom is 0.326 e. The predicted molar refractivity (Wildman–Crippen MR) is 122 cm³/mol. The van der Waals surface area contributed by atoms with Crippen LogP contribution < -0.4 is 39.3 Å². The molecule has 0 aromatic carbocycles. The zero-order chi connectivity index (χ0) is 23.8. The zero-order valence-corrected chi connectivity index (χ0v) is 18.6. The van der Waals surface area contributed by atoms with Gasteiger partial charge in [-0.3, -0.25) is 19.6 Å². The largest absolute Gasteiger partial charge is 0.480 e. The lowest BCUT2D eigenvalue weighted by Crippen LogP contribution is -2.54. The van der Waals surface area contributed by atoms with E-state index in [1.54, 1.807) is 11.8 Å². The van der Waals surface area contributed by atoms with Crippen LogP contribution in [0.4, 0.5) is 0 Å². The molecule has 0 radical (unpaired) electrons. The molecule has 0 spiro atoms. The number of aliphatic imine (C=N–C) groups is 2. The minimum Gasteiger partial charge on any atom is -0.480 e. The molecule has 0 saturated heterocycles. The number of guanidine groups is 2. The summed E-state index contributed by atoms with van der Waals surface area (Å²) in [6.45, 7) is 0.479. The molecule has 0 aliphatic rings. The highest BCUT2D eigenvalue weighted by atomic mass is 32.2. The molecule has 13 N–H and O–H groups in total. The molecule has 0 saturated carbocycles. The van der Waals surface area contributed by atoms with Crippen molar-refractivity contribution in [3.05, 3.63) is 0 Å². The summed E-state index contributed by atoms with van der Waals surface area (Å²) in [5.41, 5.74) is 26.9. The molecule has 0 aliphatic carbocycles. The summed E-state index contributed by atoms with van der Waals surface area (Å²) in [4.78, 5) is 44.2. The third-order valence-electron chi connectivity index (χ3n) is 4.11. The van der Waals surface area contributed by atoms with Crippen molar-refractivity contribution >= 4 is 41.5 Å². The molecule has 0 rings (SSSR count). The molecule has 0 heterocycles. The third kappa shape index (κ3) is 14.0. The van der Waals surface area contributed by atoms with Gasteiger partial charge in [0.1, 0.15) is 12.1 Å². The Kier molecular flexibility index (Phi) is 14.6. The van der Waals surface area contributed by atoms with Crippen LogP contribution in [0.3, 0.4) is 0 Å². The van der Waals surface area contributed by atoms with E-state index >= 15 is 0 Å². The number of carbonyl (C=O) groups excluding carboxylic acids is 2. The maximum absolute atomic E-state index is 12.7. The molecule has 13 nitrogen and oxygen atoms in total. The smallest absolute Gasteiger partial charge is 0.326 e. The van der Waals surface area contributed by atoms with Crippen molar-refractivity contribution in [1.82, 2.24) is 10.6 Å². The second-order valence-electron chi connectivity index (χ2n) is 6.75. The molecule has 0 aliphatic heterocycles. The Hall–Kier alpha value is -2.74. The van der Waals surface area contributed by atoms with Gasteiger partial charge in [0.15, 0.2) is 11.9 Å². The van der Waals surface area contributed by atoms with Crippen LogP contribution in [-0.2, 0) is 14.4 Å².